The van der Waals surface area contributed by atoms with Crippen LogP contribution in [0, 0.1) is 12.8 Å². The van der Waals surface area contributed by atoms with Crippen LogP contribution in [0.1, 0.15) is 56.7 Å². The van der Waals surface area contributed by atoms with Gasteiger partial charge in [0.25, 0.3) is 0 Å². The van der Waals surface area contributed by atoms with Crippen LogP contribution < -0.4 is 11.1 Å². The van der Waals surface area contributed by atoms with Gasteiger partial charge in [0, 0.05) is 19.1 Å². The van der Waals surface area contributed by atoms with E-state index in [4.69, 9.17) is 5.73 Å². The monoisotopic (exact) mass is 381 g/mol. The molecule has 6 heteroatoms. The molecule has 1 aromatic rings. The van der Waals surface area contributed by atoms with Gasteiger partial charge >= 0.3 is 0 Å². The van der Waals surface area contributed by atoms with Crippen molar-refractivity contribution in [1.29, 1.82) is 0 Å². The van der Waals surface area contributed by atoms with Gasteiger partial charge in [0.2, 0.25) is 11.8 Å². The highest BCUT2D eigenvalue weighted by molar-refractivity contribution is 5.85. The molecular weight excluding hydrogens is 350 g/mol. The summed E-state index contributed by atoms with van der Waals surface area (Å²) in [4.78, 5) is 26.9. The van der Waals surface area contributed by atoms with Crippen LogP contribution in [0.4, 0.5) is 0 Å². The molecule has 0 aromatic heterocycles. The van der Waals surface area contributed by atoms with E-state index >= 15 is 0 Å². The van der Waals surface area contributed by atoms with Crippen molar-refractivity contribution in [3.05, 3.63) is 35.4 Å². The molecule has 3 N–H and O–H groups in total. The number of aryl methyl sites for hydroxylation is 1. The molecule has 1 aromatic carbocycles. The molecule has 0 aliphatic carbocycles. The van der Waals surface area contributed by atoms with Crippen LogP contribution in [-0.2, 0) is 9.59 Å². The fourth-order valence-electron chi connectivity index (χ4n) is 3.37. The van der Waals surface area contributed by atoms with Gasteiger partial charge in [-0.3, -0.25) is 9.59 Å². The number of likely N-dealkylation sites (tertiary alicyclic amines) is 1. The van der Waals surface area contributed by atoms with Crippen LogP contribution in [0.3, 0.4) is 0 Å². The van der Waals surface area contributed by atoms with Crippen molar-refractivity contribution in [3.8, 4) is 0 Å². The quantitative estimate of drug-likeness (QED) is 0.795. The summed E-state index contributed by atoms with van der Waals surface area (Å²) >= 11 is 0. The zero-order chi connectivity index (χ0) is 18.4. The fraction of sp³-hybridized carbons (Fsp3) is 0.600. The molecule has 3 unspecified atom stereocenters. The molecule has 1 heterocycles. The lowest BCUT2D eigenvalue weighted by molar-refractivity contribution is -0.137. The van der Waals surface area contributed by atoms with Gasteiger partial charge in [-0.2, -0.15) is 0 Å². The van der Waals surface area contributed by atoms with Crippen LogP contribution in [0.5, 0.6) is 0 Å². The molecule has 1 aliphatic heterocycles. The number of nitrogens with one attached hydrogen (secondary N) is 1. The summed E-state index contributed by atoms with van der Waals surface area (Å²) < 4.78 is 0. The first-order chi connectivity index (χ1) is 11.9. The smallest absolute Gasteiger partial charge is 0.244 e. The van der Waals surface area contributed by atoms with Crippen molar-refractivity contribution >= 4 is 24.2 Å². The van der Waals surface area contributed by atoms with E-state index < -0.39 is 6.04 Å². The number of hydrogen-bond acceptors (Lipinski definition) is 3. The van der Waals surface area contributed by atoms with E-state index in [1.807, 2.05) is 38.1 Å². The first kappa shape index (κ1) is 22.5. The Morgan fingerprint density at radius 2 is 1.96 bits per heavy atom. The van der Waals surface area contributed by atoms with Crippen LogP contribution in [0.25, 0.3) is 0 Å². The number of carbonyl (C=O) groups excluding carboxylic acids is 2. The first-order valence-corrected chi connectivity index (χ1v) is 9.33. The normalized spacial score (nSPS) is 19.2. The molecular formula is C20H32ClN3O2. The number of nitrogens with zero attached hydrogens (tertiary/aromatic N) is 1. The summed E-state index contributed by atoms with van der Waals surface area (Å²) in [6.45, 7) is 7.27. The van der Waals surface area contributed by atoms with E-state index in [0.717, 1.165) is 36.8 Å². The molecule has 1 saturated heterocycles. The molecule has 2 rings (SSSR count). The number of hydrogen-bond donors (Lipinski definition) is 2. The Kier molecular flexibility index (Phi) is 9.09. The minimum Gasteiger partial charge on any atom is -0.353 e. The number of benzene rings is 1. The summed E-state index contributed by atoms with van der Waals surface area (Å²) in [5.41, 5.74) is 8.13. The fourth-order valence-corrected chi connectivity index (χ4v) is 3.37. The third kappa shape index (κ3) is 5.99. The lowest BCUT2D eigenvalue weighted by atomic mass is 9.95. The number of carbonyl (C=O) groups is 2. The summed E-state index contributed by atoms with van der Waals surface area (Å²) in [6, 6.07) is 7.24. The number of rotatable bonds is 6. The van der Waals surface area contributed by atoms with Gasteiger partial charge < -0.3 is 16.0 Å². The molecule has 0 spiro atoms. The van der Waals surface area contributed by atoms with E-state index in [1.165, 1.54) is 0 Å². The van der Waals surface area contributed by atoms with Gasteiger partial charge in [0.15, 0.2) is 0 Å². The highest BCUT2D eigenvalue weighted by Gasteiger charge is 2.31. The molecule has 0 bridgehead atoms. The lowest BCUT2D eigenvalue weighted by Gasteiger charge is -2.34. The Bertz CT molecular complexity index is 591. The molecule has 2 amide bonds. The summed E-state index contributed by atoms with van der Waals surface area (Å²) in [7, 11) is 0. The van der Waals surface area contributed by atoms with E-state index in [1.54, 1.807) is 4.90 Å². The van der Waals surface area contributed by atoms with E-state index in [0.29, 0.717) is 13.1 Å². The molecule has 26 heavy (non-hydrogen) atoms. The summed E-state index contributed by atoms with van der Waals surface area (Å²) in [5.74, 6) is -0.174. The van der Waals surface area contributed by atoms with Crippen molar-refractivity contribution in [2.45, 2.75) is 58.5 Å². The summed E-state index contributed by atoms with van der Waals surface area (Å²) in [5, 5.41) is 3.07. The highest BCUT2D eigenvalue weighted by atomic mass is 35.5. The van der Waals surface area contributed by atoms with Crippen molar-refractivity contribution in [2.75, 3.05) is 13.1 Å². The van der Waals surface area contributed by atoms with Crippen LogP contribution in [-0.4, -0.2) is 35.8 Å². The predicted octanol–water partition coefficient (Wildman–Crippen LogP) is 2.96. The van der Waals surface area contributed by atoms with E-state index in [9.17, 15) is 9.59 Å². The Hall–Kier alpha value is -1.59. The highest BCUT2D eigenvalue weighted by Crippen LogP contribution is 2.21. The average molecular weight is 382 g/mol. The second kappa shape index (κ2) is 10.5. The van der Waals surface area contributed by atoms with Crippen LogP contribution >= 0.6 is 12.4 Å². The van der Waals surface area contributed by atoms with Crippen molar-refractivity contribution in [2.24, 2.45) is 11.7 Å². The zero-order valence-electron chi connectivity index (χ0n) is 16.0. The third-order valence-electron chi connectivity index (χ3n) is 4.92. The molecule has 0 radical (unpaired) electrons. The van der Waals surface area contributed by atoms with Gasteiger partial charge in [-0.15, -0.1) is 12.4 Å². The maximum atomic E-state index is 12.7. The van der Waals surface area contributed by atoms with Gasteiger partial charge in [0.1, 0.15) is 6.04 Å². The zero-order valence-corrected chi connectivity index (χ0v) is 16.8. The second-order valence-corrected chi connectivity index (χ2v) is 7.21. The van der Waals surface area contributed by atoms with Crippen molar-refractivity contribution in [3.63, 3.8) is 0 Å². The van der Waals surface area contributed by atoms with Crippen molar-refractivity contribution in [1.82, 2.24) is 10.2 Å². The molecule has 0 saturated carbocycles. The van der Waals surface area contributed by atoms with Crippen molar-refractivity contribution < 1.29 is 9.59 Å². The third-order valence-corrected chi connectivity index (χ3v) is 4.92. The Labute approximate surface area is 163 Å². The van der Waals surface area contributed by atoms with Crippen LogP contribution in [0.15, 0.2) is 24.3 Å². The maximum Gasteiger partial charge on any atom is 0.244 e. The minimum atomic E-state index is -0.665. The van der Waals surface area contributed by atoms with Gasteiger partial charge in [-0.05, 0) is 38.7 Å². The standard InChI is InChI=1S/C20H31N3O2.ClH/c1-4-6-15(3)22-19(24)17-7-5-12-23(13-17)20(25)18(21)16-10-8-14(2)9-11-16;/h8-11,15,17-18H,4-7,12-13,21H2,1-3H3,(H,22,24);1H. The number of nitrogens with two attached hydrogens (primary N) is 1. The Morgan fingerprint density at radius 3 is 2.58 bits per heavy atom. The average Bonchev–Trinajstić information content (AvgIpc) is 2.61. The van der Waals surface area contributed by atoms with Gasteiger partial charge in [-0.1, -0.05) is 43.2 Å². The number of piperidine rings is 1. The summed E-state index contributed by atoms with van der Waals surface area (Å²) in [6.07, 6.45) is 3.68. The predicted molar refractivity (Wildman–Crippen MR) is 107 cm³/mol. The van der Waals surface area contributed by atoms with Gasteiger partial charge in [0.05, 0.1) is 5.92 Å². The second-order valence-electron chi connectivity index (χ2n) is 7.21. The number of amides is 2. The lowest BCUT2D eigenvalue weighted by Crippen LogP contribution is -2.49. The molecule has 3 atom stereocenters. The van der Waals surface area contributed by atoms with Gasteiger partial charge in [-0.25, -0.2) is 0 Å². The SMILES string of the molecule is CCCC(C)NC(=O)C1CCCN(C(=O)C(N)c2ccc(C)cc2)C1.Cl. The first-order valence-electron chi connectivity index (χ1n) is 9.33. The molecule has 1 aliphatic rings. The van der Waals surface area contributed by atoms with E-state index in [-0.39, 0.29) is 36.2 Å². The largest absolute Gasteiger partial charge is 0.353 e. The minimum absolute atomic E-state index is 0. The number of halogens is 1. The molecule has 146 valence electrons. The van der Waals surface area contributed by atoms with Crippen LogP contribution in [0.2, 0.25) is 0 Å². The molecule has 5 nitrogen and oxygen atoms in total. The Balaban J connectivity index is 0.00000338. The maximum absolute atomic E-state index is 12.7. The molecule has 1 fully saturated rings. The van der Waals surface area contributed by atoms with E-state index in [2.05, 4.69) is 12.2 Å². The Morgan fingerprint density at radius 1 is 1.31 bits per heavy atom. The topological polar surface area (TPSA) is 75.4 Å².